The molecule has 0 radical (unpaired) electrons. The predicted octanol–water partition coefficient (Wildman–Crippen LogP) is 3.53. The lowest BCUT2D eigenvalue weighted by atomic mass is 10.2. The summed E-state index contributed by atoms with van der Waals surface area (Å²) < 4.78 is 12.9. The van der Waals surface area contributed by atoms with Gasteiger partial charge in [0.1, 0.15) is 11.6 Å². The molecule has 0 saturated carbocycles. The first-order chi connectivity index (χ1) is 13.5. The third kappa shape index (κ3) is 4.88. The van der Waals surface area contributed by atoms with Crippen molar-refractivity contribution in [1.82, 2.24) is 20.3 Å². The summed E-state index contributed by atoms with van der Waals surface area (Å²) in [6.45, 7) is 5.07. The molecule has 3 rings (SSSR count). The summed E-state index contributed by atoms with van der Waals surface area (Å²) in [5.74, 6) is 0.828. The molecule has 2 N–H and O–H groups in total. The van der Waals surface area contributed by atoms with Gasteiger partial charge in [-0.25, -0.2) is 14.4 Å². The Morgan fingerprint density at radius 2 is 1.86 bits per heavy atom. The molecular weight excluding hydrogens is 357 g/mol. The van der Waals surface area contributed by atoms with Crippen molar-refractivity contribution in [3.63, 3.8) is 0 Å². The standard InChI is InChI=1S/C21H22FN5O/c1-14-15(2)26-20(17-5-3-10-23-13-17)27-19(14)24-11-4-12-25-21(28)16-6-8-18(22)9-7-16/h3,5-10,13H,4,11-12H2,1-2H3,(H,25,28)(H,24,26,27). The van der Waals surface area contributed by atoms with Crippen molar-refractivity contribution in [2.75, 3.05) is 18.4 Å². The molecule has 0 spiro atoms. The second-order valence-corrected chi connectivity index (χ2v) is 6.39. The van der Waals surface area contributed by atoms with Gasteiger partial charge in [-0.15, -0.1) is 0 Å². The van der Waals surface area contributed by atoms with E-state index in [9.17, 15) is 9.18 Å². The number of hydrogen-bond acceptors (Lipinski definition) is 5. The zero-order valence-corrected chi connectivity index (χ0v) is 15.9. The van der Waals surface area contributed by atoms with Gasteiger partial charge in [-0.3, -0.25) is 9.78 Å². The van der Waals surface area contributed by atoms with Gasteiger partial charge in [0, 0.05) is 47.9 Å². The number of amides is 1. The van der Waals surface area contributed by atoms with Crippen molar-refractivity contribution in [3.8, 4) is 11.4 Å². The Morgan fingerprint density at radius 3 is 2.57 bits per heavy atom. The number of halogens is 1. The number of carbonyl (C=O) groups excluding carboxylic acids is 1. The summed E-state index contributed by atoms with van der Waals surface area (Å²) in [5.41, 5.74) is 3.20. The van der Waals surface area contributed by atoms with Gasteiger partial charge in [0.05, 0.1) is 0 Å². The summed E-state index contributed by atoms with van der Waals surface area (Å²) in [4.78, 5) is 25.3. The molecule has 1 aromatic carbocycles. The van der Waals surface area contributed by atoms with Crippen LogP contribution >= 0.6 is 0 Å². The maximum atomic E-state index is 12.9. The Kier molecular flexibility index (Phi) is 6.26. The van der Waals surface area contributed by atoms with Crippen LogP contribution in [0.15, 0.2) is 48.8 Å². The molecule has 0 atom stereocenters. The van der Waals surface area contributed by atoms with Crippen LogP contribution < -0.4 is 10.6 Å². The Labute approximate surface area is 163 Å². The molecule has 28 heavy (non-hydrogen) atoms. The Bertz CT molecular complexity index is 945. The number of anilines is 1. The van der Waals surface area contributed by atoms with Crippen LogP contribution in [0.3, 0.4) is 0 Å². The second-order valence-electron chi connectivity index (χ2n) is 6.39. The van der Waals surface area contributed by atoms with Crippen LogP contribution in [0.25, 0.3) is 11.4 Å². The normalized spacial score (nSPS) is 10.5. The number of aromatic nitrogens is 3. The van der Waals surface area contributed by atoms with Crippen LogP contribution in [0, 0.1) is 19.7 Å². The molecule has 0 saturated heterocycles. The molecule has 2 heterocycles. The first-order valence-corrected chi connectivity index (χ1v) is 9.08. The van der Waals surface area contributed by atoms with Crippen molar-refractivity contribution in [3.05, 3.63) is 71.4 Å². The van der Waals surface area contributed by atoms with Gasteiger partial charge >= 0.3 is 0 Å². The van der Waals surface area contributed by atoms with Gasteiger partial charge in [-0.05, 0) is 56.7 Å². The fourth-order valence-corrected chi connectivity index (χ4v) is 2.63. The van der Waals surface area contributed by atoms with Crippen molar-refractivity contribution in [2.45, 2.75) is 20.3 Å². The van der Waals surface area contributed by atoms with Gasteiger partial charge in [0.15, 0.2) is 5.82 Å². The van der Waals surface area contributed by atoms with Crippen LogP contribution in [0.2, 0.25) is 0 Å². The molecular formula is C21H22FN5O. The SMILES string of the molecule is Cc1nc(-c2cccnc2)nc(NCCCNC(=O)c2ccc(F)cc2)c1C. The fourth-order valence-electron chi connectivity index (χ4n) is 2.63. The highest BCUT2D eigenvalue weighted by Crippen LogP contribution is 2.20. The number of rotatable bonds is 7. The second kappa shape index (κ2) is 9.03. The smallest absolute Gasteiger partial charge is 0.251 e. The van der Waals surface area contributed by atoms with Crippen molar-refractivity contribution in [1.29, 1.82) is 0 Å². The zero-order chi connectivity index (χ0) is 19.9. The van der Waals surface area contributed by atoms with Crippen LogP contribution in [-0.2, 0) is 0 Å². The monoisotopic (exact) mass is 379 g/mol. The fraction of sp³-hybridized carbons (Fsp3) is 0.238. The Hall–Kier alpha value is -3.35. The summed E-state index contributed by atoms with van der Waals surface area (Å²) in [5, 5.41) is 6.14. The summed E-state index contributed by atoms with van der Waals surface area (Å²) in [6.07, 6.45) is 4.17. The highest BCUT2D eigenvalue weighted by atomic mass is 19.1. The molecule has 6 nitrogen and oxygen atoms in total. The molecule has 3 aromatic rings. The maximum absolute atomic E-state index is 12.9. The molecule has 144 valence electrons. The number of nitrogens with one attached hydrogen (secondary N) is 2. The molecule has 0 aliphatic carbocycles. The number of benzene rings is 1. The summed E-state index contributed by atoms with van der Waals surface area (Å²) in [6, 6.07) is 9.26. The lowest BCUT2D eigenvalue weighted by Gasteiger charge is -2.12. The van der Waals surface area contributed by atoms with Crippen LogP contribution in [-0.4, -0.2) is 33.9 Å². The minimum atomic E-state index is -0.359. The van der Waals surface area contributed by atoms with E-state index in [0.29, 0.717) is 24.5 Å². The van der Waals surface area contributed by atoms with Gasteiger partial charge < -0.3 is 10.6 Å². The topological polar surface area (TPSA) is 79.8 Å². The minimum absolute atomic E-state index is 0.215. The van der Waals surface area contributed by atoms with E-state index in [2.05, 4.69) is 25.6 Å². The van der Waals surface area contributed by atoms with Crippen molar-refractivity contribution in [2.24, 2.45) is 0 Å². The van der Waals surface area contributed by atoms with E-state index in [-0.39, 0.29) is 11.7 Å². The Morgan fingerprint density at radius 1 is 1.07 bits per heavy atom. The highest BCUT2D eigenvalue weighted by Gasteiger charge is 2.10. The Balaban J connectivity index is 1.54. The van der Waals surface area contributed by atoms with E-state index in [1.165, 1.54) is 24.3 Å². The minimum Gasteiger partial charge on any atom is -0.370 e. The zero-order valence-electron chi connectivity index (χ0n) is 15.9. The molecule has 0 aliphatic heterocycles. The van der Waals surface area contributed by atoms with E-state index >= 15 is 0 Å². The van der Waals surface area contributed by atoms with E-state index in [0.717, 1.165) is 29.1 Å². The molecule has 2 aromatic heterocycles. The van der Waals surface area contributed by atoms with Crippen molar-refractivity contribution >= 4 is 11.7 Å². The van der Waals surface area contributed by atoms with Gasteiger partial charge in [-0.1, -0.05) is 0 Å². The van der Waals surface area contributed by atoms with Crippen LogP contribution in [0.4, 0.5) is 10.2 Å². The third-order valence-electron chi connectivity index (χ3n) is 4.35. The number of nitrogens with zero attached hydrogens (tertiary/aromatic N) is 3. The van der Waals surface area contributed by atoms with Gasteiger partial charge in [0.25, 0.3) is 5.91 Å². The van der Waals surface area contributed by atoms with Crippen molar-refractivity contribution < 1.29 is 9.18 Å². The van der Waals surface area contributed by atoms with Crippen LogP contribution in [0.1, 0.15) is 28.0 Å². The molecule has 1 amide bonds. The average Bonchev–Trinajstić information content (AvgIpc) is 2.71. The van der Waals surface area contributed by atoms with Gasteiger partial charge in [0.2, 0.25) is 0 Å². The largest absolute Gasteiger partial charge is 0.370 e. The van der Waals surface area contributed by atoms with E-state index in [1.807, 2.05) is 26.0 Å². The number of hydrogen-bond donors (Lipinski definition) is 2. The number of carbonyl (C=O) groups is 1. The van der Waals surface area contributed by atoms with E-state index in [1.54, 1.807) is 12.4 Å². The molecule has 0 unspecified atom stereocenters. The highest BCUT2D eigenvalue weighted by molar-refractivity contribution is 5.94. The molecule has 0 bridgehead atoms. The third-order valence-corrected chi connectivity index (χ3v) is 4.35. The average molecular weight is 379 g/mol. The first-order valence-electron chi connectivity index (χ1n) is 9.08. The predicted molar refractivity (Wildman–Crippen MR) is 107 cm³/mol. The van der Waals surface area contributed by atoms with E-state index in [4.69, 9.17) is 0 Å². The quantitative estimate of drug-likeness (QED) is 0.614. The summed E-state index contributed by atoms with van der Waals surface area (Å²) >= 11 is 0. The number of pyridine rings is 1. The van der Waals surface area contributed by atoms with Gasteiger partial charge in [-0.2, -0.15) is 0 Å². The molecule has 0 aliphatic rings. The summed E-state index contributed by atoms with van der Waals surface area (Å²) in [7, 11) is 0. The molecule has 0 fully saturated rings. The van der Waals surface area contributed by atoms with E-state index < -0.39 is 0 Å². The lowest BCUT2D eigenvalue weighted by molar-refractivity contribution is 0.0953. The number of aryl methyl sites for hydroxylation is 1. The van der Waals surface area contributed by atoms with Crippen LogP contribution in [0.5, 0.6) is 0 Å². The maximum Gasteiger partial charge on any atom is 0.251 e. The first kappa shape index (κ1) is 19.4. The lowest BCUT2D eigenvalue weighted by Crippen LogP contribution is -2.26. The molecule has 7 heteroatoms.